The number of hydrogen-bond donors (Lipinski definition) is 1. The summed E-state index contributed by atoms with van der Waals surface area (Å²) in [6.07, 6.45) is 5.19. The molecule has 0 fully saturated rings. The van der Waals surface area contributed by atoms with Crippen LogP contribution in [0, 0.1) is 12.8 Å². The van der Waals surface area contributed by atoms with Crippen molar-refractivity contribution in [2.24, 2.45) is 5.92 Å². The van der Waals surface area contributed by atoms with Gasteiger partial charge < -0.3 is 5.32 Å². The molecule has 0 aliphatic carbocycles. The maximum Gasteiger partial charge on any atom is 0.0351 e. The second kappa shape index (κ2) is 8.31. The summed E-state index contributed by atoms with van der Waals surface area (Å²) in [7, 11) is 0. The van der Waals surface area contributed by atoms with Gasteiger partial charge in [-0.25, -0.2) is 0 Å². The molecule has 0 heterocycles. The molecular formula is C17H29N. The molecule has 0 aliphatic heterocycles. The molecule has 18 heavy (non-hydrogen) atoms. The molecule has 0 spiro atoms. The van der Waals surface area contributed by atoms with E-state index in [1.54, 1.807) is 0 Å². The number of nitrogens with one attached hydrogen (secondary N) is 1. The first-order chi connectivity index (χ1) is 8.74. The normalized spacial score (nSPS) is 12.9. The Morgan fingerprint density at radius 1 is 1.00 bits per heavy atom. The Bertz CT molecular complexity index is 326. The van der Waals surface area contributed by atoms with Crippen molar-refractivity contribution < 1.29 is 0 Å². The number of rotatable bonds is 8. The summed E-state index contributed by atoms with van der Waals surface area (Å²) >= 11 is 0. The highest BCUT2D eigenvalue weighted by Crippen LogP contribution is 2.31. The molecule has 0 aliphatic rings. The van der Waals surface area contributed by atoms with Crippen molar-refractivity contribution >= 4 is 0 Å². The van der Waals surface area contributed by atoms with Gasteiger partial charge in [0.25, 0.3) is 0 Å². The summed E-state index contributed by atoms with van der Waals surface area (Å²) < 4.78 is 0. The van der Waals surface area contributed by atoms with Gasteiger partial charge in [0.15, 0.2) is 0 Å². The summed E-state index contributed by atoms with van der Waals surface area (Å²) in [6.45, 7) is 10.1. The lowest BCUT2D eigenvalue weighted by molar-refractivity contribution is 0.319. The van der Waals surface area contributed by atoms with Crippen LogP contribution in [0.15, 0.2) is 24.3 Å². The summed E-state index contributed by atoms with van der Waals surface area (Å²) in [4.78, 5) is 0. The van der Waals surface area contributed by atoms with Crippen LogP contribution in [-0.2, 0) is 0 Å². The fraction of sp³-hybridized carbons (Fsp3) is 0.647. The van der Waals surface area contributed by atoms with Crippen LogP contribution in [-0.4, -0.2) is 6.54 Å². The zero-order valence-electron chi connectivity index (χ0n) is 12.5. The molecule has 0 bridgehead atoms. The highest BCUT2D eigenvalue weighted by atomic mass is 14.9. The minimum Gasteiger partial charge on any atom is -0.310 e. The summed E-state index contributed by atoms with van der Waals surface area (Å²) in [5, 5.41) is 3.71. The van der Waals surface area contributed by atoms with Crippen LogP contribution in [0.3, 0.4) is 0 Å². The first-order valence-corrected chi connectivity index (χ1v) is 7.53. The molecular weight excluding hydrogens is 218 g/mol. The number of aryl methyl sites for hydroxylation is 1. The maximum atomic E-state index is 3.71. The van der Waals surface area contributed by atoms with Crippen LogP contribution in [0.2, 0.25) is 0 Å². The maximum absolute atomic E-state index is 3.71. The van der Waals surface area contributed by atoms with E-state index in [1.807, 2.05) is 0 Å². The van der Waals surface area contributed by atoms with E-state index >= 15 is 0 Å². The van der Waals surface area contributed by atoms with E-state index in [2.05, 4.69) is 57.3 Å². The van der Waals surface area contributed by atoms with E-state index in [-0.39, 0.29) is 0 Å². The second-order valence-corrected chi connectivity index (χ2v) is 5.23. The molecule has 0 saturated heterocycles. The monoisotopic (exact) mass is 247 g/mol. The highest BCUT2D eigenvalue weighted by Gasteiger charge is 2.22. The molecule has 1 aromatic rings. The van der Waals surface area contributed by atoms with Crippen molar-refractivity contribution in [3.8, 4) is 0 Å². The Kier molecular flexibility index (Phi) is 7.04. The fourth-order valence-electron chi connectivity index (χ4n) is 2.91. The molecule has 1 nitrogen and oxygen atoms in total. The summed E-state index contributed by atoms with van der Waals surface area (Å²) in [5.41, 5.74) is 2.91. The summed E-state index contributed by atoms with van der Waals surface area (Å²) in [5.74, 6) is 0.765. The lowest BCUT2D eigenvalue weighted by Crippen LogP contribution is -2.29. The van der Waals surface area contributed by atoms with Gasteiger partial charge in [0.2, 0.25) is 0 Å². The van der Waals surface area contributed by atoms with Crippen LogP contribution in [0.25, 0.3) is 0 Å². The number of benzene rings is 1. The van der Waals surface area contributed by atoms with Crippen molar-refractivity contribution in [1.29, 1.82) is 0 Å². The zero-order chi connectivity index (χ0) is 13.4. The van der Waals surface area contributed by atoms with Gasteiger partial charge in [-0.2, -0.15) is 0 Å². The van der Waals surface area contributed by atoms with Crippen molar-refractivity contribution in [3.63, 3.8) is 0 Å². The van der Waals surface area contributed by atoms with Gasteiger partial charge in [0, 0.05) is 6.04 Å². The Balaban J connectivity index is 2.95. The lowest BCUT2D eigenvalue weighted by Gasteiger charge is -2.29. The highest BCUT2D eigenvalue weighted by molar-refractivity contribution is 5.29. The minimum absolute atomic E-state index is 0.524. The van der Waals surface area contributed by atoms with E-state index in [0.29, 0.717) is 6.04 Å². The Hall–Kier alpha value is -0.820. The Morgan fingerprint density at radius 2 is 1.61 bits per heavy atom. The van der Waals surface area contributed by atoms with Crippen LogP contribution < -0.4 is 5.32 Å². The smallest absolute Gasteiger partial charge is 0.0351 e. The van der Waals surface area contributed by atoms with Gasteiger partial charge in [-0.05, 0) is 43.4 Å². The molecule has 0 aromatic heterocycles. The van der Waals surface area contributed by atoms with Crippen LogP contribution in [0.5, 0.6) is 0 Å². The first-order valence-electron chi connectivity index (χ1n) is 7.53. The van der Waals surface area contributed by atoms with Crippen LogP contribution >= 0.6 is 0 Å². The molecule has 0 amide bonds. The molecule has 1 atom stereocenters. The standard InChI is InChI=1S/C17H29N/c1-5-10-15(11-6-2)17(18-7-3)16-13-9-8-12-14(16)4/h8-9,12-13,15,17-18H,5-7,10-11H2,1-4H3. The predicted molar refractivity (Wildman–Crippen MR) is 80.9 cm³/mol. The van der Waals surface area contributed by atoms with E-state index in [0.717, 1.165) is 12.5 Å². The molecule has 102 valence electrons. The third kappa shape index (κ3) is 4.13. The van der Waals surface area contributed by atoms with Gasteiger partial charge >= 0.3 is 0 Å². The second-order valence-electron chi connectivity index (χ2n) is 5.23. The minimum atomic E-state index is 0.524. The third-order valence-electron chi connectivity index (χ3n) is 3.74. The number of hydrogen-bond acceptors (Lipinski definition) is 1. The third-order valence-corrected chi connectivity index (χ3v) is 3.74. The molecule has 1 heteroatoms. The largest absolute Gasteiger partial charge is 0.310 e. The van der Waals surface area contributed by atoms with Gasteiger partial charge in [0.05, 0.1) is 0 Å². The van der Waals surface area contributed by atoms with Gasteiger partial charge in [-0.15, -0.1) is 0 Å². The SMILES string of the molecule is CCCC(CCC)C(NCC)c1ccccc1C. The van der Waals surface area contributed by atoms with Crippen molar-refractivity contribution in [2.75, 3.05) is 6.54 Å². The zero-order valence-corrected chi connectivity index (χ0v) is 12.5. The van der Waals surface area contributed by atoms with E-state index < -0.39 is 0 Å². The average molecular weight is 247 g/mol. The quantitative estimate of drug-likeness (QED) is 0.691. The molecule has 1 unspecified atom stereocenters. The molecule has 1 rings (SSSR count). The van der Waals surface area contributed by atoms with E-state index in [9.17, 15) is 0 Å². The van der Waals surface area contributed by atoms with Crippen molar-refractivity contribution in [3.05, 3.63) is 35.4 Å². The van der Waals surface area contributed by atoms with Crippen LogP contribution in [0.1, 0.15) is 63.6 Å². The Labute approximate surface area is 113 Å². The van der Waals surface area contributed by atoms with Gasteiger partial charge in [-0.3, -0.25) is 0 Å². The van der Waals surface area contributed by atoms with Gasteiger partial charge in [0.1, 0.15) is 0 Å². The topological polar surface area (TPSA) is 12.0 Å². The average Bonchev–Trinajstić information content (AvgIpc) is 2.37. The molecule has 1 N–H and O–H groups in total. The van der Waals surface area contributed by atoms with Crippen molar-refractivity contribution in [2.45, 2.75) is 59.4 Å². The summed E-state index contributed by atoms with van der Waals surface area (Å²) in [6, 6.07) is 9.35. The van der Waals surface area contributed by atoms with Crippen LogP contribution in [0.4, 0.5) is 0 Å². The van der Waals surface area contributed by atoms with E-state index in [1.165, 1.54) is 36.8 Å². The Morgan fingerprint density at radius 3 is 2.11 bits per heavy atom. The molecule has 1 aromatic carbocycles. The predicted octanol–water partition coefficient (Wildman–Crippen LogP) is 4.86. The van der Waals surface area contributed by atoms with Crippen molar-refractivity contribution in [1.82, 2.24) is 5.32 Å². The van der Waals surface area contributed by atoms with Gasteiger partial charge in [-0.1, -0.05) is 57.9 Å². The van der Waals surface area contributed by atoms with E-state index in [4.69, 9.17) is 0 Å². The first kappa shape index (κ1) is 15.2. The lowest BCUT2D eigenvalue weighted by atomic mass is 9.84. The fourth-order valence-corrected chi connectivity index (χ4v) is 2.91. The molecule has 0 saturated carbocycles. The molecule has 0 radical (unpaired) electrons.